The summed E-state index contributed by atoms with van der Waals surface area (Å²) in [5, 5.41) is 7.93. The highest BCUT2D eigenvalue weighted by Gasteiger charge is 2.16. The lowest BCUT2D eigenvalue weighted by molar-refractivity contribution is -0.119. The summed E-state index contributed by atoms with van der Waals surface area (Å²) in [4.78, 5) is 16.4. The highest BCUT2D eigenvalue weighted by Crippen LogP contribution is 2.25. The zero-order valence-electron chi connectivity index (χ0n) is 12.0. The maximum Gasteiger partial charge on any atom is 0.229 e. The third kappa shape index (κ3) is 3.95. The number of aromatic nitrogens is 3. The summed E-state index contributed by atoms with van der Waals surface area (Å²) < 4.78 is 1.73. The van der Waals surface area contributed by atoms with Crippen LogP contribution < -0.4 is 5.32 Å². The van der Waals surface area contributed by atoms with E-state index < -0.39 is 0 Å². The van der Waals surface area contributed by atoms with Crippen molar-refractivity contribution in [2.75, 3.05) is 5.32 Å². The Balaban J connectivity index is 2.02. The lowest BCUT2D eigenvalue weighted by atomic mass is 10.1. The summed E-state index contributed by atoms with van der Waals surface area (Å²) in [5.74, 6) is 1.13. The number of hydrogen-bond acceptors (Lipinski definition) is 3. The van der Waals surface area contributed by atoms with Gasteiger partial charge in [-0.2, -0.15) is 5.10 Å². The minimum atomic E-state index is -0.251. The predicted molar refractivity (Wildman–Crippen MR) is 83.8 cm³/mol. The second kappa shape index (κ2) is 6.45. The number of carbonyl (C=O) groups excluding carboxylic acids is 1. The third-order valence-corrected chi connectivity index (χ3v) is 3.78. The molecule has 0 saturated carbocycles. The zero-order valence-corrected chi connectivity index (χ0v) is 13.5. The Morgan fingerprint density at radius 3 is 2.62 bits per heavy atom. The Morgan fingerprint density at radius 2 is 2.05 bits per heavy atom. The summed E-state index contributed by atoms with van der Waals surface area (Å²) in [5.41, 5.74) is 0.618. The molecule has 1 aromatic heterocycles. The molecule has 0 radical (unpaired) electrons. The van der Waals surface area contributed by atoms with Crippen LogP contribution in [0.1, 0.15) is 18.6 Å². The molecule has 21 heavy (non-hydrogen) atoms. The van der Waals surface area contributed by atoms with Gasteiger partial charge in [-0.15, -0.1) is 0 Å². The van der Waals surface area contributed by atoms with Gasteiger partial charge in [0.15, 0.2) is 0 Å². The molecule has 2 aromatic rings. The second-order valence-corrected chi connectivity index (χ2v) is 5.72. The van der Waals surface area contributed by atoms with E-state index in [9.17, 15) is 4.79 Å². The van der Waals surface area contributed by atoms with Gasteiger partial charge in [-0.3, -0.25) is 4.79 Å². The van der Waals surface area contributed by atoms with E-state index in [-0.39, 0.29) is 11.8 Å². The predicted octanol–water partition coefficient (Wildman–Crippen LogP) is 3.48. The van der Waals surface area contributed by atoms with Crippen molar-refractivity contribution in [1.29, 1.82) is 0 Å². The first kappa shape index (κ1) is 15.8. The molecule has 1 aromatic carbocycles. The molecular weight excluding hydrogens is 311 g/mol. The lowest BCUT2D eigenvalue weighted by Gasteiger charge is -2.13. The molecule has 0 unspecified atom stereocenters. The summed E-state index contributed by atoms with van der Waals surface area (Å²) in [6.45, 7) is 6.00. The average Bonchev–Trinajstić information content (AvgIpc) is 2.72. The normalized spacial score (nSPS) is 12.2. The van der Waals surface area contributed by atoms with E-state index in [0.29, 0.717) is 28.1 Å². The number of benzene rings is 1. The highest BCUT2D eigenvalue weighted by molar-refractivity contribution is 6.42. The van der Waals surface area contributed by atoms with Crippen molar-refractivity contribution < 1.29 is 4.79 Å². The van der Waals surface area contributed by atoms with Gasteiger partial charge >= 0.3 is 0 Å². The molecule has 7 heteroatoms. The van der Waals surface area contributed by atoms with Gasteiger partial charge in [0, 0.05) is 5.69 Å². The molecule has 0 saturated heterocycles. The molecule has 0 bridgehead atoms. The van der Waals surface area contributed by atoms with Gasteiger partial charge in [0.05, 0.1) is 22.5 Å². The summed E-state index contributed by atoms with van der Waals surface area (Å²) in [7, 11) is 0. The van der Waals surface area contributed by atoms with Gasteiger partial charge in [0.2, 0.25) is 5.91 Å². The average molecular weight is 327 g/mol. The van der Waals surface area contributed by atoms with Crippen LogP contribution in [0, 0.1) is 19.8 Å². The van der Waals surface area contributed by atoms with Crippen LogP contribution in [0.5, 0.6) is 0 Å². The number of hydrogen-bond donors (Lipinski definition) is 1. The van der Waals surface area contributed by atoms with Crippen LogP contribution in [0.3, 0.4) is 0 Å². The first-order valence-electron chi connectivity index (χ1n) is 6.51. The molecular formula is C14H16Cl2N4O. The van der Waals surface area contributed by atoms with Crippen molar-refractivity contribution in [1.82, 2.24) is 14.8 Å². The van der Waals surface area contributed by atoms with Gasteiger partial charge in [-0.1, -0.05) is 30.1 Å². The summed E-state index contributed by atoms with van der Waals surface area (Å²) >= 11 is 11.8. The van der Waals surface area contributed by atoms with Crippen molar-refractivity contribution in [2.45, 2.75) is 27.3 Å². The Morgan fingerprint density at radius 1 is 1.33 bits per heavy atom. The summed E-state index contributed by atoms with van der Waals surface area (Å²) in [6, 6.07) is 4.98. The number of anilines is 1. The topological polar surface area (TPSA) is 59.8 Å². The Kier molecular flexibility index (Phi) is 4.85. The highest BCUT2D eigenvalue weighted by atomic mass is 35.5. The van der Waals surface area contributed by atoms with E-state index in [1.165, 1.54) is 0 Å². The molecule has 2 rings (SSSR count). The minimum Gasteiger partial charge on any atom is -0.326 e. The lowest BCUT2D eigenvalue weighted by Crippen LogP contribution is -2.25. The van der Waals surface area contributed by atoms with Crippen molar-refractivity contribution in [3.63, 3.8) is 0 Å². The maximum absolute atomic E-state index is 12.2. The van der Waals surface area contributed by atoms with Crippen molar-refractivity contribution in [3.8, 4) is 0 Å². The van der Waals surface area contributed by atoms with Crippen LogP contribution in [-0.2, 0) is 11.3 Å². The van der Waals surface area contributed by atoms with Crippen molar-refractivity contribution >= 4 is 34.8 Å². The SMILES string of the molecule is Cc1nc(C)n(C[C@H](C)C(=O)Nc2ccc(Cl)c(Cl)c2)n1. The van der Waals surface area contributed by atoms with Gasteiger partial charge in [-0.05, 0) is 32.0 Å². The van der Waals surface area contributed by atoms with Crippen molar-refractivity contribution in [2.24, 2.45) is 5.92 Å². The molecule has 1 amide bonds. The molecule has 0 aliphatic heterocycles. The maximum atomic E-state index is 12.2. The van der Waals surface area contributed by atoms with Crippen LogP contribution in [0.4, 0.5) is 5.69 Å². The fraction of sp³-hybridized carbons (Fsp3) is 0.357. The molecule has 1 N–H and O–H groups in total. The van der Waals surface area contributed by atoms with Crippen LogP contribution in [0.2, 0.25) is 10.0 Å². The first-order chi connectivity index (χ1) is 9.86. The minimum absolute atomic E-state index is 0.110. The van der Waals surface area contributed by atoms with E-state index in [0.717, 1.165) is 5.82 Å². The van der Waals surface area contributed by atoms with Gasteiger partial charge in [-0.25, -0.2) is 9.67 Å². The van der Waals surface area contributed by atoms with E-state index >= 15 is 0 Å². The van der Waals surface area contributed by atoms with Crippen LogP contribution in [-0.4, -0.2) is 20.7 Å². The number of amides is 1. The number of rotatable bonds is 4. The smallest absolute Gasteiger partial charge is 0.229 e. The standard InChI is InChI=1S/C14H16Cl2N4O/c1-8(7-20-10(3)17-9(2)19-20)14(21)18-11-4-5-12(15)13(16)6-11/h4-6,8H,7H2,1-3H3,(H,18,21)/t8-/m0/s1. The fourth-order valence-corrected chi connectivity index (χ4v) is 2.21. The molecule has 0 spiro atoms. The number of aryl methyl sites for hydroxylation is 2. The van der Waals surface area contributed by atoms with Crippen molar-refractivity contribution in [3.05, 3.63) is 39.9 Å². The summed E-state index contributed by atoms with van der Waals surface area (Å²) in [6.07, 6.45) is 0. The zero-order chi connectivity index (χ0) is 15.6. The molecule has 1 heterocycles. The number of carbonyl (C=O) groups is 1. The van der Waals surface area contributed by atoms with E-state index in [1.807, 2.05) is 20.8 Å². The monoisotopic (exact) mass is 326 g/mol. The fourth-order valence-electron chi connectivity index (χ4n) is 1.92. The Bertz CT molecular complexity index is 669. The molecule has 1 atom stereocenters. The third-order valence-electron chi connectivity index (χ3n) is 3.04. The van der Waals surface area contributed by atoms with Gasteiger partial charge in [0.1, 0.15) is 11.6 Å². The van der Waals surface area contributed by atoms with E-state index in [2.05, 4.69) is 15.4 Å². The molecule has 112 valence electrons. The number of nitrogens with zero attached hydrogens (tertiary/aromatic N) is 3. The van der Waals surface area contributed by atoms with Gasteiger partial charge in [0.25, 0.3) is 0 Å². The quantitative estimate of drug-likeness (QED) is 0.935. The Labute approximate surface area is 133 Å². The largest absolute Gasteiger partial charge is 0.326 e. The molecule has 0 fully saturated rings. The Hall–Kier alpha value is -1.59. The number of halogens is 2. The number of nitrogens with one attached hydrogen (secondary N) is 1. The molecule has 5 nitrogen and oxygen atoms in total. The van der Waals surface area contributed by atoms with Crippen LogP contribution in [0.15, 0.2) is 18.2 Å². The van der Waals surface area contributed by atoms with E-state index in [4.69, 9.17) is 23.2 Å². The molecule has 0 aliphatic carbocycles. The van der Waals surface area contributed by atoms with Gasteiger partial charge < -0.3 is 5.32 Å². The van der Waals surface area contributed by atoms with Crippen LogP contribution >= 0.6 is 23.2 Å². The van der Waals surface area contributed by atoms with Crippen LogP contribution in [0.25, 0.3) is 0 Å². The van der Waals surface area contributed by atoms with E-state index in [1.54, 1.807) is 22.9 Å². The molecule has 0 aliphatic rings. The first-order valence-corrected chi connectivity index (χ1v) is 7.26. The second-order valence-electron chi connectivity index (χ2n) is 4.91.